The molecule has 0 atom stereocenters. The van der Waals surface area contributed by atoms with Gasteiger partial charge in [0.2, 0.25) is 5.78 Å². The van der Waals surface area contributed by atoms with E-state index in [2.05, 4.69) is 182 Å². The molecule has 0 radical (unpaired) electrons. The molecule has 0 unspecified atom stereocenters. The summed E-state index contributed by atoms with van der Waals surface area (Å²) in [5.41, 5.74) is 19.3. The fourth-order valence-corrected chi connectivity index (χ4v) is 11.3. The predicted molar refractivity (Wildman–Crippen MR) is 318 cm³/mol. The first-order valence-electron chi connectivity index (χ1n) is 26.3. The molecule has 0 fully saturated rings. The molecule has 0 saturated heterocycles. The van der Waals surface area contributed by atoms with Crippen LogP contribution in [0, 0.1) is 18.2 Å². The molecule has 0 spiro atoms. The molecule has 9 heteroatoms. The molecule has 0 aliphatic rings. The average Bonchev–Trinajstić information content (AvgIpc) is 4.29. The van der Waals surface area contributed by atoms with Crippen molar-refractivity contribution in [1.29, 1.82) is 0 Å². The maximum atomic E-state index is 6.55. The second-order valence-corrected chi connectivity index (χ2v) is 19.5. The maximum Gasteiger partial charge on any atom is 3.00 e. The van der Waals surface area contributed by atoms with E-state index in [0.29, 0.717) is 0 Å². The Balaban J connectivity index is 0.000000152. The first-order valence-corrected chi connectivity index (χ1v) is 26.3. The van der Waals surface area contributed by atoms with Crippen LogP contribution in [0.4, 0.5) is 0 Å². The Hall–Kier alpha value is -10.1. The number of nitrogens with zero attached hydrogens (tertiary/aromatic N) is 7. The topological polar surface area (TPSA) is 79.0 Å². The summed E-state index contributed by atoms with van der Waals surface area (Å²) in [6.07, 6.45) is 4.41. The van der Waals surface area contributed by atoms with Crippen LogP contribution in [0.3, 0.4) is 0 Å². The minimum atomic E-state index is 0. The molecule has 6 aromatic heterocycles. The monoisotopic (exact) mass is 1200 g/mol. The number of pyridine rings is 2. The van der Waals surface area contributed by atoms with E-state index in [1.54, 1.807) is 0 Å². The van der Waals surface area contributed by atoms with Crippen molar-refractivity contribution in [2.45, 2.75) is 6.42 Å². The molecule has 378 valence electrons. The van der Waals surface area contributed by atoms with Gasteiger partial charge in [-0.15, -0.1) is 83.9 Å². The Bertz CT molecular complexity index is 4930. The summed E-state index contributed by atoms with van der Waals surface area (Å²) in [4.78, 5) is 19.6. The number of furan rings is 1. The van der Waals surface area contributed by atoms with Gasteiger partial charge >= 0.3 is 20.1 Å². The number of aromatic nitrogens is 7. The number of hydrogen-bond acceptors (Lipinski definition) is 5. The Morgan fingerprint density at radius 3 is 2.05 bits per heavy atom. The summed E-state index contributed by atoms with van der Waals surface area (Å²) < 4.78 is 13.3. The van der Waals surface area contributed by atoms with Crippen molar-refractivity contribution in [3.8, 4) is 56.4 Å². The van der Waals surface area contributed by atoms with Crippen LogP contribution in [0.1, 0.15) is 11.1 Å². The molecule has 6 heterocycles. The van der Waals surface area contributed by atoms with Gasteiger partial charge in [0.05, 0.1) is 44.5 Å². The van der Waals surface area contributed by atoms with Crippen molar-refractivity contribution in [3.05, 3.63) is 284 Å². The Kier molecular flexibility index (Phi) is 12.3. The molecule has 0 saturated carbocycles. The third-order valence-electron chi connectivity index (χ3n) is 14.8. The quantitative estimate of drug-likeness (QED) is 0.142. The van der Waals surface area contributed by atoms with E-state index < -0.39 is 0 Å². The molecule has 0 N–H and O–H groups in total. The summed E-state index contributed by atoms with van der Waals surface area (Å²) in [7, 11) is 0. The third-order valence-corrected chi connectivity index (χ3v) is 14.8. The van der Waals surface area contributed by atoms with Gasteiger partial charge in [-0.25, -0.2) is 4.98 Å². The standard InChI is InChI=1S/C42H27N5.C29H17N2O.Ir/c1-3-12-30(13-4-1)40-33(16-11-25-44-40)26-29-22-23-37-39(27-29)47-41-35(31-14-9-15-32(28-31)36-20-7-8-24-43-36)19-10-21-38(41)46(42(47)45-37)34-17-5-2-6-18-34;1-2-10-20(11-3-1)31-26-16-7-6-15-25(26)30-29(31)24-14-8-13-22-23-18-17-19-9-4-5-12-21(19)27(23)32-28(22)24;/h1-12,14,16-25,27-28H,26H2;1-13,15-18H;/q-2;-1;+3. The summed E-state index contributed by atoms with van der Waals surface area (Å²) in [5, 5.41) is 4.47. The minimum absolute atomic E-state index is 0. The normalized spacial score (nSPS) is 11.4. The number of benzene rings is 10. The zero-order chi connectivity index (χ0) is 52.2. The fraction of sp³-hybridized carbons (Fsp3) is 0.0141. The molecule has 0 amide bonds. The number of fused-ring (bicyclic) bond motifs is 11. The van der Waals surface area contributed by atoms with Crippen molar-refractivity contribution in [2.24, 2.45) is 0 Å². The van der Waals surface area contributed by atoms with Crippen molar-refractivity contribution in [1.82, 2.24) is 33.5 Å². The summed E-state index contributed by atoms with van der Waals surface area (Å²) in [6, 6.07) is 93.4. The van der Waals surface area contributed by atoms with Gasteiger partial charge in [0.25, 0.3) is 0 Å². The molecule has 16 aromatic rings. The maximum absolute atomic E-state index is 6.55. The van der Waals surface area contributed by atoms with E-state index in [-0.39, 0.29) is 20.1 Å². The molecule has 8 nitrogen and oxygen atoms in total. The molecular weight excluding hydrogens is 1160 g/mol. The average molecular weight is 1200 g/mol. The van der Waals surface area contributed by atoms with Crippen LogP contribution in [0.15, 0.2) is 259 Å². The first kappa shape index (κ1) is 48.3. The van der Waals surface area contributed by atoms with Gasteiger partial charge in [-0.1, -0.05) is 143 Å². The number of para-hydroxylation sites is 5. The molecular formula is C71H44IrN7O. The Labute approximate surface area is 473 Å². The van der Waals surface area contributed by atoms with Crippen molar-refractivity contribution < 1.29 is 24.5 Å². The molecule has 80 heavy (non-hydrogen) atoms. The molecule has 0 bridgehead atoms. The van der Waals surface area contributed by atoms with Gasteiger partial charge < -0.3 is 19.0 Å². The first-order chi connectivity index (χ1) is 39.2. The van der Waals surface area contributed by atoms with Crippen molar-refractivity contribution in [2.75, 3.05) is 0 Å². The van der Waals surface area contributed by atoms with E-state index in [9.17, 15) is 0 Å². The van der Waals surface area contributed by atoms with Crippen LogP contribution in [-0.2, 0) is 26.5 Å². The van der Waals surface area contributed by atoms with Gasteiger partial charge in [0.15, 0.2) is 0 Å². The van der Waals surface area contributed by atoms with E-state index in [4.69, 9.17) is 19.4 Å². The number of rotatable bonds is 8. The second-order valence-electron chi connectivity index (χ2n) is 19.5. The zero-order valence-electron chi connectivity index (χ0n) is 42.8. The molecule has 0 aliphatic carbocycles. The second kappa shape index (κ2) is 20.4. The predicted octanol–water partition coefficient (Wildman–Crippen LogP) is 17.0. The van der Waals surface area contributed by atoms with Crippen molar-refractivity contribution >= 4 is 71.6 Å². The summed E-state index contributed by atoms with van der Waals surface area (Å²) in [6.45, 7) is 0. The molecule has 16 rings (SSSR count). The van der Waals surface area contributed by atoms with Crippen LogP contribution < -0.4 is 0 Å². The van der Waals surface area contributed by atoms with Gasteiger partial charge in [-0.3, -0.25) is 14.0 Å². The van der Waals surface area contributed by atoms with Gasteiger partial charge in [-0.05, 0) is 101 Å². The van der Waals surface area contributed by atoms with Crippen LogP contribution in [-0.4, -0.2) is 33.5 Å². The van der Waals surface area contributed by atoms with Gasteiger partial charge in [0, 0.05) is 34.5 Å². The van der Waals surface area contributed by atoms with E-state index in [1.807, 2.05) is 109 Å². The summed E-state index contributed by atoms with van der Waals surface area (Å²) in [5.74, 6) is 1.70. The minimum Gasteiger partial charge on any atom is -0.500 e. The third kappa shape index (κ3) is 8.35. The smallest absolute Gasteiger partial charge is 0.500 e. The number of hydrogen-bond donors (Lipinski definition) is 0. The van der Waals surface area contributed by atoms with Gasteiger partial charge in [0.1, 0.15) is 5.58 Å². The van der Waals surface area contributed by atoms with Gasteiger partial charge in [-0.2, -0.15) is 0 Å². The fourth-order valence-electron chi connectivity index (χ4n) is 11.3. The Morgan fingerprint density at radius 1 is 0.463 bits per heavy atom. The van der Waals surface area contributed by atoms with Crippen molar-refractivity contribution in [3.63, 3.8) is 0 Å². The van der Waals surface area contributed by atoms with E-state index in [1.165, 1.54) is 10.9 Å². The zero-order valence-corrected chi connectivity index (χ0v) is 45.2. The Morgan fingerprint density at radius 2 is 1.20 bits per heavy atom. The van der Waals surface area contributed by atoms with E-state index in [0.717, 1.165) is 135 Å². The number of imidazole rings is 3. The van der Waals surface area contributed by atoms with Crippen LogP contribution in [0.5, 0.6) is 0 Å². The SMILES string of the molecule is [Ir+3].[c-]1ccc(-c2cccc3c2n2c4cc(Cc5cccnc5-c5[c-]cccc5)ccc4nc2n3-c2ccccc2)cc1-c1ccccn1.[c-]1ccc2c(oc3c4ccccc4ccc23)c1-c1nc2ccccc2n1-c1ccccc1. The largest absolute Gasteiger partial charge is 3.00 e. The van der Waals surface area contributed by atoms with Crippen LogP contribution in [0.25, 0.3) is 128 Å². The van der Waals surface area contributed by atoms with Crippen LogP contribution in [0.2, 0.25) is 0 Å². The van der Waals surface area contributed by atoms with E-state index >= 15 is 0 Å². The molecule has 0 aliphatic heterocycles. The van der Waals surface area contributed by atoms with Crippen LogP contribution >= 0.6 is 0 Å². The summed E-state index contributed by atoms with van der Waals surface area (Å²) >= 11 is 0. The molecule has 10 aromatic carbocycles.